The van der Waals surface area contributed by atoms with Crippen LogP contribution in [0.4, 0.5) is 5.82 Å². The van der Waals surface area contributed by atoms with Gasteiger partial charge in [-0.2, -0.15) is 10.2 Å². The van der Waals surface area contributed by atoms with Crippen LogP contribution in [0.1, 0.15) is 11.4 Å². The standard InChI is InChI=1S/C15H13BrN4O/c1-8-6-12(9(2)19-18-8)14-13(15(17)20-21-14)10-4-3-5-11(16)7-10/h3-7H,1-2H3,(H2,17,20). The highest BCUT2D eigenvalue weighted by Crippen LogP contribution is 2.38. The molecule has 3 rings (SSSR count). The van der Waals surface area contributed by atoms with Gasteiger partial charge in [0.25, 0.3) is 0 Å². The van der Waals surface area contributed by atoms with Crippen LogP contribution in [-0.2, 0) is 0 Å². The lowest BCUT2D eigenvalue weighted by Crippen LogP contribution is -1.95. The van der Waals surface area contributed by atoms with Gasteiger partial charge in [0.2, 0.25) is 0 Å². The minimum Gasteiger partial charge on any atom is -0.380 e. The molecule has 0 bridgehead atoms. The molecule has 0 atom stereocenters. The summed E-state index contributed by atoms with van der Waals surface area (Å²) in [5.41, 5.74) is 10.1. The third kappa shape index (κ3) is 2.54. The van der Waals surface area contributed by atoms with Crippen LogP contribution in [-0.4, -0.2) is 15.4 Å². The van der Waals surface area contributed by atoms with Gasteiger partial charge in [0.15, 0.2) is 11.6 Å². The fourth-order valence-corrected chi connectivity index (χ4v) is 2.59. The van der Waals surface area contributed by atoms with Crippen molar-refractivity contribution in [2.45, 2.75) is 13.8 Å². The number of nitrogens with two attached hydrogens (primary N) is 1. The summed E-state index contributed by atoms with van der Waals surface area (Å²) >= 11 is 3.46. The second-order valence-electron chi connectivity index (χ2n) is 4.77. The first-order valence-electron chi connectivity index (χ1n) is 6.38. The molecule has 21 heavy (non-hydrogen) atoms. The number of rotatable bonds is 2. The van der Waals surface area contributed by atoms with Crippen molar-refractivity contribution in [1.82, 2.24) is 15.4 Å². The summed E-state index contributed by atoms with van der Waals surface area (Å²) in [5.74, 6) is 0.970. The smallest absolute Gasteiger partial charge is 0.178 e. The molecular formula is C15H13BrN4O. The third-order valence-electron chi connectivity index (χ3n) is 3.18. The number of benzene rings is 1. The van der Waals surface area contributed by atoms with Crippen molar-refractivity contribution in [3.05, 3.63) is 46.2 Å². The van der Waals surface area contributed by atoms with Gasteiger partial charge >= 0.3 is 0 Å². The molecule has 6 heteroatoms. The van der Waals surface area contributed by atoms with Gasteiger partial charge in [0.05, 0.1) is 17.0 Å². The quantitative estimate of drug-likeness (QED) is 0.765. The Morgan fingerprint density at radius 2 is 1.95 bits per heavy atom. The molecule has 106 valence electrons. The van der Waals surface area contributed by atoms with Crippen LogP contribution >= 0.6 is 15.9 Å². The predicted octanol–water partition coefficient (Wildman–Crippen LogP) is 3.76. The molecule has 0 aliphatic carbocycles. The van der Waals surface area contributed by atoms with E-state index in [2.05, 4.69) is 31.3 Å². The van der Waals surface area contributed by atoms with Crippen molar-refractivity contribution in [1.29, 1.82) is 0 Å². The lowest BCUT2D eigenvalue weighted by molar-refractivity contribution is 0.435. The van der Waals surface area contributed by atoms with Gasteiger partial charge < -0.3 is 10.3 Å². The van der Waals surface area contributed by atoms with Crippen molar-refractivity contribution >= 4 is 21.7 Å². The molecular weight excluding hydrogens is 332 g/mol. The normalized spacial score (nSPS) is 10.8. The molecule has 0 saturated carbocycles. The van der Waals surface area contributed by atoms with Gasteiger partial charge in [0.1, 0.15) is 0 Å². The fraction of sp³-hybridized carbons (Fsp3) is 0.133. The van der Waals surface area contributed by atoms with Crippen LogP contribution in [0.3, 0.4) is 0 Å². The molecule has 2 aromatic heterocycles. The summed E-state index contributed by atoms with van der Waals surface area (Å²) < 4.78 is 6.42. The Morgan fingerprint density at radius 1 is 1.14 bits per heavy atom. The number of hydrogen-bond acceptors (Lipinski definition) is 5. The fourth-order valence-electron chi connectivity index (χ4n) is 2.19. The summed E-state index contributed by atoms with van der Waals surface area (Å²) in [7, 11) is 0. The summed E-state index contributed by atoms with van der Waals surface area (Å²) in [5, 5.41) is 12.1. The lowest BCUT2D eigenvalue weighted by Gasteiger charge is -2.06. The average molecular weight is 345 g/mol. The zero-order chi connectivity index (χ0) is 15.0. The molecule has 0 unspecified atom stereocenters. The maximum absolute atomic E-state index is 5.99. The second-order valence-corrected chi connectivity index (χ2v) is 5.68. The van der Waals surface area contributed by atoms with Gasteiger partial charge in [-0.15, -0.1) is 0 Å². The number of hydrogen-bond donors (Lipinski definition) is 1. The summed E-state index contributed by atoms with van der Waals surface area (Å²) in [6.07, 6.45) is 0. The predicted molar refractivity (Wildman–Crippen MR) is 84.6 cm³/mol. The van der Waals surface area contributed by atoms with E-state index in [-0.39, 0.29) is 0 Å². The number of aryl methyl sites for hydroxylation is 2. The van der Waals surface area contributed by atoms with Crippen LogP contribution in [0, 0.1) is 13.8 Å². The van der Waals surface area contributed by atoms with Gasteiger partial charge in [-0.05, 0) is 37.6 Å². The van der Waals surface area contributed by atoms with E-state index < -0.39 is 0 Å². The minimum absolute atomic E-state index is 0.358. The number of halogens is 1. The first-order valence-corrected chi connectivity index (χ1v) is 7.18. The van der Waals surface area contributed by atoms with Gasteiger partial charge in [0, 0.05) is 10.0 Å². The highest BCUT2D eigenvalue weighted by molar-refractivity contribution is 9.10. The van der Waals surface area contributed by atoms with E-state index >= 15 is 0 Å². The number of anilines is 1. The van der Waals surface area contributed by atoms with E-state index in [1.54, 1.807) is 0 Å². The Kier molecular flexibility index (Phi) is 3.47. The topological polar surface area (TPSA) is 77.8 Å². The maximum atomic E-state index is 5.99. The number of nitrogen functional groups attached to an aromatic ring is 1. The third-order valence-corrected chi connectivity index (χ3v) is 3.67. The van der Waals surface area contributed by atoms with Crippen molar-refractivity contribution in [2.24, 2.45) is 0 Å². The average Bonchev–Trinajstić information content (AvgIpc) is 2.83. The second kappa shape index (κ2) is 5.29. The van der Waals surface area contributed by atoms with Crippen molar-refractivity contribution in [3.63, 3.8) is 0 Å². The molecule has 0 fully saturated rings. The highest BCUT2D eigenvalue weighted by Gasteiger charge is 2.20. The highest BCUT2D eigenvalue weighted by atomic mass is 79.9. The van der Waals surface area contributed by atoms with Gasteiger partial charge in [-0.3, -0.25) is 0 Å². The Balaban J connectivity index is 2.24. The molecule has 3 aromatic rings. The molecule has 0 saturated heterocycles. The minimum atomic E-state index is 0.358. The van der Waals surface area contributed by atoms with E-state index in [0.717, 1.165) is 32.6 Å². The molecule has 0 radical (unpaired) electrons. The summed E-state index contributed by atoms with van der Waals surface area (Å²) in [6.45, 7) is 3.76. The van der Waals surface area contributed by atoms with Crippen molar-refractivity contribution in [2.75, 3.05) is 5.73 Å². The van der Waals surface area contributed by atoms with E-state index in [1.165, 1.54) is 0 Å². The number of nitrogens with zero attached hydrogens (tertiary/aromatic N) is 3. The van der Waals surface area contributed by atoms with E-state index in [1.807, 2.05) is 44.2 Å². The van der Waals surface area contributed by atoms with Crippen LogP contribution in [0.15, 0.2) is 39.3 Å². The maximum Gasteiger partial charge on any atom is 0.178 e. The van der Waals surface area contributed by atoms with Crippen molar-refractivity contribution in [3.8, 4) is 22.5 Å². The first kappa shape index (κ1) is 13.8. The van der Waals surface area contributed by atoms with Gasteiger partial charge in [-0.1, -0.05) is 33.2 Å². The van der Waals surface area contributed by atoms with Gasteiger partial charge in [-0.25, -0.2) is 0 Å². The Labute approximate surface area is 130 Å². The molecule has 0 aliphatic rings. The number of aromatic nitrogens is 3. The molecule has 0 amide bonds. The van der Waals surface area contributed by atoms with Crippen LogP contribution in [0.25, 0.3) is 22.5 Å². The van der Waals surface area contributed by atoms with Crippen LogP contribution in [0.2, 0.25) is 0 Å². The molecule has 2 heterocycles. The first-order chi connectivity index (χ1) is 10.1. The Hall–Kier alpha value is -2.21. The Bertz CT molecular complexity index is 813. The molecule has 1 aromatic carbocycles. The molecule has 0 aliphatic heterocycles. The zero-order valence-electron chi connectivity index (χ0n) is 11.6. The lowest BCUT2D eigenvalue weighted by atomic mass is 10.0. The molecule has 0 spiro atoms. The van der Waals surface area contributed by atoms with Crippen LogP contribution in [0.5, 0.6) is 0 Å². The largest absolute Gasteiger partial charge is 0.380 e. The van der Waals surface area contributed by atoms with Crippen LogP contribution < -0.4 is 5.73 Å². The monoisotopic (exact) mass is 344 g/mol. The summed E-state index contributed by atoms with van der Waals surface area (Å²) in [4.78, 5) is 0. The Morgan fingerprint density at radius 3 is 2.71 bits per heavy atom. The zero-order valence-corrected chi connectivity index (χ0v) is 13.2. The SMILES string of the molecule is Cc1cc(-c2onc(N)c2-c2cccc(Br)c2)c(C)nn1. The van der Waals surface area contributed by atoms with E-state index in [0.29, 0.717) is 11.6 Å². The molecule has 5 nitrogen and oxygen atoms in total. The molecule has 2 N–H and O–H groups in total. The van der Waals surface area contributed by atoms with E-state index in [9.17, 15) is 0 Å². The van der Waals surface area contributed by atoms with Crippen molar-refractivity contribution < 1.29 is 4.52 Å². The van der Waals surface area contributed by atoms with E-state index in [4.69, 9.17) is 10.3 Å². The summed E-state index contributed by atoms with van der Waals surface area (Å²) in [6, 6.07) is 9.76.